The number of furan rings is 1. The van der Waals surface area contributed by atoms with Crippen LogP contribution >= 0.6 is 0 Å². The normalized spacial score (nSPS) is 11.8. The maximum atomic E-state index is 13.0. The van der Waals surface area contributed by atoms with Crippen LogP contribution in [0.5, 0.6) is 0 Å². The average Bonchev–Trinajstić information content (AvgIpc) is 3.62. The summed E-state index contributed by atoms with van der Waals surface area (Å²) in [6.45, 7) is 2.34. The first-order valence-electron chi connectivity index (χ1n) is 13.4. The summed E-state index contributed by atoms with van der Waals surface area (Å²) >= 11 is 0. The molecule has 0 aliphatic rings. The van der Waals surface area contributed by atoms with Crippen LogP contribution in [0, 0.1) is 5.92 Å². The Kier molecular flexibility index (Phi) is 10.1. The van der Waals surface area contributed by atoms with E-state index in [2.05, 4.69) is 22.7 Å². The van der Waals surface area contributed by atoms with Gasteiger partial charge in [-0.05, 0) is 30.2 Å². The molecule has 10 nitrogen and oxygen atoms in total. The molecule has 10 heteroatoms. The zero-order valence-corrected chi connectivity index (χ0v) is 22.8. The summed E-state index contributed by atoms with van der Waals surface area (Å²) in [5.41, 5.74) is 2.70. The molecule has 0 aliphatic carbocycles. The Morgan fingerprint density at radius 1 is 1.10 bits per heavy atom. The smallest absolute Gasteiger partial charge is 0.288 e. The van der Waals surface area contributed by atoms with Crippen molar-refractivity contribution >= 4 is 29.1 Å². The van der Waals surface area contributed by atoms with Crippen LogP contribution in [-0.4, -0.2) is 46.3 Å². The van der Waals surface area contributed by atoms with E-state index in [1.807, 2.05) is 55.6 Å². The zero-order chi connectivity index (χ0) is 28.3. The van der Waals surface area contributed by atoms with Crippen LogP contribution in [0.4, 0.5) is 0 Å². The molecule has 4 aromatic rings. The van der Waals surface area contributed by atoms with Gasteiger partial charge in [-0.2, -0.15) is 5.10 Å². The highest BCUT2D eigenvalue weighted by Gasteiger charge is 2.22. The van der Waals surface area contributed by atoms with E-state index in [9.17, 15) is 14.4 Å². The lowest BCUT2D eigenvalue weighted by atomic mass is 10.0. The Morgan fingerprint density at radius 2 is 1.93 bits per heavy atom. The monoisotopic (exact) mass is 545 g/mol. The van der Waals surface area contributed by atoms with Gasteiger partial charge in [0.1, 0.15) is 12.4 Å². The molecule has 4 rings (SSSR count). The minimum Gasteiger partial charge on any atom is -0.451 e. The minimum absolute atomic E-state index is 0.0785. The molecular formula is C30H35N5O5. The molecule has 0 bridgehead atoms. The first kappa shape index (κ1) is 28.6. The van der Waals surface area contributed by atoms with Crippen molar-refractivity contribution in [3.63, 3.8) is 0 Å². The summed E-state index contributed by atoms with van der Waals surface area (Å²) in [5, 5.41) is 11.8. The number of fused-ring (bicyclic) bond motifs is 1. The number of hydrogen-bond acceptors (Lipinski definition) is 6. The molecular weight excluding hydrogens is 510 g/mol. The molecule has 2 aromatic heterocycles. The third-order valence-electron chi connectivity index (χ3n) is 6.66. The Morgan fingerprint density at radius 3 is 2.70 bits per heavy atom. The number of nitrogens with one attached hydrogen (secondary N) is 2. The molecule has 2 aromatic carbocycles. The second-order valence-corrected chi connectivity index (χ2v) is 9.59. The maximum Gasteiger partial charge on any atom is 0.288 e. The Bertz CT molecular complexity index is 1410. The second kappa shape index (κ2) is 14.1. The zero-order valence-electron chi connectivity index (χ0n) is 22.8. The van der Waals surface area contributed by atoms with E-state index in [-0.39, 0.29) is 31.5 Å². The van der Waals surface area contributed by atoms with E-state index in [0.717, 1.165) is 46.4 Å². The summed E-state index contributed by atoms with van der Waals surface area (Å²) in [4.78, 5) is 42.9. The van der Waals surface area contributed by atoms with Crippen LogP contribution in [0.25, 0.3) is 22.2 Å². The first-order valence-corrected chi connectivity index (χ1v) is 13.4. The van der Waals surface area contributed by atoms with Gasteiger partial charge in [0.2, 0.25) is 12.3 Å². The van der Waals surface area contributed by atoms with Crippen molar-refractivity contribution in [2.45, 2.75) is 39.2 Å². The van der Waals surface area contributed by atoms with Crippen LogP contribution in [0.3, 0.4) is 0 Å². The molecule has 210 valence electrons. The molecule has 0 radical (unpaired) electrons. The van der Waals surface area contributed by atoms with Crippen molar-refractivity contribution < 1.29 is 23.6 Å². The number of aryl methyl sites for hydroxylation is 1. The highest BCUT2D eigenvalue weighted by molar-refractivity contribution is 5.92. The van der Waals surface area contributed by atoms with Crippen LogP contribution in [0.15, 0.2) is 71.3 Å². The van der Waals surface area contributed by atoms with Crippen LogP contribution < -0.4 is 10.6 Å². The molecule has 1 atom stereocenters. The van der Waals surface area contributed by atoms with Gasteiger partial charge in [0.05, 0.1) is 30.8 Å². The molecule has 0 saturated heterocycles. The Labute approximate surface area is 233 Å². The fraction of sp³-hybridized carbons (Fsp3) is 0.333. The van der Waals surface area contributed by atoms with Crippen molar-refractivity contribution in [1.82, 2.24) is 25.5 Å². The molecule has 2 N–H and O–H groups in total. The lowest BCUT2D eigenvalue weighted by molar-refractivity contribution is -0.182. The van der Waals surface area contributed by atoms with Crippen molar-refractivity contribution in [2.75, 3.05) is 13.2 Å². The fourth-order valence-electron chi connectivity index (χ4n) is 4.38. The number of hydroxylamine groups is 2. The van der Waals surface area contributed by atoms with Crippen LogP contribution in [0.2, 0.25) is 0 Å². The van der Waals surface area contributed by atoms with E-state index in [1.54, 1.807) is 23.0 Å². The van der Waals surface area contributed by atoms with E-state index >= 15 is 0 Å². The Hall–Kier alpha value is -4.44. The van der Waals surface area contributed by atoms with Gasteiger partial charge in [-0.25, -0.2) is 5.06 Å². The third kappa shape index (κ3) is 7.57. The van der Waals surface area contributed by atoms with Gasteiger partial charge in [0.25, 0.3) is 5.91 Å². The van der Waals surface area contributed by atoms with Crippen molar-refractivity contribution in [3.05, 3.63) is 78.2 Å². The molecule has 0 fully saturated rings. The van der Waals surface area contributed by atoms with Gasteiger partial charge < -0.3 is 15.1 Å². The molecule has 0 aliphatic heterocycles. The molecule has 40 heavy (non-hydrogen) atoms. The molecule has 0 unspecified atom stereocenters. The van der Waals surface area contributed by atoms with Gasteiger partial charge >= 0.3 is 0 Å². The van der Waals surface area contributed by atoms with Gasteiger partial charge in [-0.1, -0.05) is 68.7 Å². The number of carbonyl (C=O) groups is 3. The molecule has 2 heterocycles. The van der Waals surface area contributed by atoms with Gasteiger partial charge in [0.15, 0.2) is 5.76 Å². The molecule has 3 amide bonds. The van der Waals surface area contributed by atoms with E-state index in [1.165, 1.54) is 0 Å². The van der Waals surface area contributed by atoms with Crippen molar-refractivity contribution in [3.8, 4) is 11.3 Å². The lowest BCUT2D eigenvalue weighted by Gasteiger charge is -2.23. The number of aromatic nitrogens is 2. The van der Waals surface area contributed by atoms with Gasteiger partial charge in [-0.15, -0.1) is 0 Å². The van der Waals surface area contributed by atoms with Crippen LogP contribution in [0.1, 0.15) is 48.7 Å². The summed E-state index contributed by atoms with van der Waals surface area (Å²) in [6, 6.07) is 18.6. The topological polar surface area (TPSA) is 119 Å². The van der Waals surface area contributed by atoms with Gasteiger partial charge in [-0.3, -0.25) is 23.9 Å². The summed E-state index contributed by atoms with van der Waals surface area (Å²) in [5.74, 6) is -0.512. The average molecular weight is 546 g/mol. The molecule has 0 saturated carbocycles. The number of rotatable bonds is 15. The number of carbonyl (C=O) groups excluding carboxylic acids is 3. The first-order chi connectivity index (χ1) is 19.5. The summed E-state index contributed by atoms with van der Waals surface area (Å²) < 4.78 is 7.56. The predicted molar refractivity (Wildman–Crippen MR) is 151 cm³/mol. The maximum absolute atomic E-state index is 13.0. The quantitative estimate of drug-likeness (QED) is 0.0988. The van der Waals surface area contributed by atoms with E-state index in [4.69, 9.17) is 9.25 Å². The predicted octanol–water partition coefficient (Wildman–Crippen LogP) is 4.42. The number of unbranched alkanes of at least 4 members (excludes halogenated alkanes) is 2. The van der Waals surface area contributed by atoms with Gasteiger partial charge in [0, 0.05) is 18.0 Å². The van der Waals surface area contributed by atoms with Crippen molar-refractivity contribution in [1.29, 1.82) is 0 Å². The fourth-order valence-corrected chi connectivity index (χ4v) is 4.38. The molecule has 0 spiro atoms. The minimum atomic E-state index is -0.485. The third-order valence-corrected chi connectivity index (χ3v) is 6.66. The number of hydrogen-bond donors (Lipinski definition) is 2. The summed E-state index contributed by atoms with van der Waals surface area (Å²) in [7, 11) is 1.87. The number of nitrogens with zero attached hydrogens (tertiary/aromatic N) is 3. The Balaban J connectivity index is 1.30. The second-order valence-electron chi connectivity index (χ2n) is 9.59. The lowest BCUT2D eigenvalue weighted by Crippen LogP contribution is -2.43. The highest BCUT2D eigenvalue weighted by atomic mass is 16.7. The van der Waals surface area contributed by atoms with Crippen molar-refractivity contribution in [2.24, 2.45) is 13.0 Å². The van der Waals surface area contributed by atoms with E-state index in [0.29, 0.717) is 18.6 Å². The highest BCUT2D eigenvalue weighted by Crippen LogP contribution is 2.26. The van der Waals surface area contributed by atoms with E-state index < -0.39 is 11.8 Å². The van der Waals surface area contributed by atoms with Crippen LogP contribution in [-0.2, 0) is 28.1 Å². The SMILES string of the molecule is CCCCC[C@H](CN(C=O)OCc1ccccc1)C(=O)NCNC(=O)c1ccc(-c2ccc3cnn(C)c3c2)o1. The summed E-state index contributed by atoms with van der Waals surface area (Å²) in [6.07, 6.45) is 5.79. The largest absolute Gasteiger partial charge is 0.451 e. The number of amides is 3. The standard InChI is InChI=1S/C30H35N5O5/c1-3-4-6-11-25(18-35(21-36)39-19-22-9-7-5-8-10-22)29(37)31-20-32-30(38)28-15-14-27(40-28)23-12-13-24-17-33-34(2)26(24)16-23/h5,7-10,12-17,21,25H,3-4,6,11,18-20H2,1-2H3,(H,31,37)(H,32,38)/t25-/m1/s1. The number of benzene rings is 2.